The van der Waals surface area contributed by atoms with E-state index in [4.69, 9.17) is 5.73 Å². The molecule has 3 rings (SSSR count). The highest BCUT2D eigenvalue weighted by atomic mass is 16.2. The van der Waals surface area contributed by atoms with Crippen LogP contribution >= 0.6 is 0 Å². The molecule has 0 aliphatic heterocycles. The van der Waals surface area contributed by atoms with Crippen LogP contribution in [0.4, 0.5) is 4.79 Å². The molecule has 7 heteroatoms. The summed E-state index contributed by atoms with van der Waals surface area (Å²) in [6.45, 7) is 3.71. The third kappa shape index (κ3) is 4.63. The molecule has 7 nitrogen and oxygen atoms in total. The van der Waals surface area contributed by atoms with E-state index < -0.39 is 6.03 Å². The molecule has 1 aromatic heterocycles. The van der Waals surface area contributed by atoms with Gasteiger partial charge < -0.3 is 20.9 Å². The van der Waals surface area contributed by atoms with Crippen LogP contribution in [-0.4, -0.2) is 28.0 Å². The van der Waals surface area contributed by atoms with Gasteiger partial charge in [-0.3, -0.25) is 4.79 Å². The van der Waals surface area contributed by atoms with Gasteiger partial charge >= 0.3 is 6.03 Å². The van der Waals surface area contributed by atoms with Crippen LogP contribution in [0.2, 0.25) is 0 Å². The van der Waals surface area contributed by atoms with Gasteiger partial charge in [-0.15, -0.1) is 0 Å². The van der Waals surface area contributed by atoms with E-state index in [2.05, 4.69) is 26.3 Å². The number of imidazole rings is 1. The molecule has 4 N–H and O–H groups in total. The van der Waals surface area contributed by atoms with Gasteiger partial charge in [0.1, 0.15) is 5.82 Å². The fourth-order valence-corrected chi connectivity index (χ4v) is 2.98. The fourth-order valence-electron chi connectivity index (χ4n) is 2.98. The standard InChI is InChI=1S/C20H23N5O2/c1-14-24-17-5-2-3-6-18(17)25(14)12-4-11-22-19(26)16-9-7-15(8-10-16)13-23-20(21)27/h2-3,5-10H,4,11-13H2,1H3,(H,22,26)(H3,21,23,27). The minimum Gasteiger partial charge on any atom is -0.352 e. The molecule has 1 heterocycles. The molecule has 0 fully saturated rings. The molecular formula is C20H23N5O2. The van der Waals surface area contributed by atoms with Crippen LogP contribution in [-0.2, 0) is 13.1 Å². The minimum atomic E-state index is -0.572. The Labute approximate surface area is 157 Å². The summed E-state index contributed by atoms with van der Waals surface area (Å²) in [5.41, 5.74) is 8.61. The van der Waals surface area contributed by atoms with Crippen molar-refractivity contribution in [3.8, 4) is 0 Å². The van der Waals surface area contributed by atoms with E-state index in [0.29, 0.717) is 18.7 Å². The zero-order chi connectivity index (χ0) is 19.2. The molecule has 0 unspecified atom stereocenters. The number of fused-ring (bicyclic) bond motifs is 1. The second-order valence-corrected chi connectivity index (χ2v) is 6.32. The summed E-state index contributed by atoms with van der Waals surface area (Å²) in [5, 5.41) is 5.45. The normalized spacial score (nSPS) is 10.7. The van der Waals surface area contributed by atoms with Gasteiger partial charge in [-0.25, -0.2) is 9.78 Å². The number of nitrogens with one attached hydrogen (secondary N) is 2. The van der Waals surface area contributed by atoms with Gasteiger partial charge in [0.25, 0.3) is 5.91 Å². The van der Waals surface area contributed by atoms with Crippen molar-refractivity contribution in [2.24, 2.45) is 5.73 Å². The number of nitrogens with zero attached hydrogens (tertiary/aromatic N) is 2. The number of hydrogen-bond acceptors (Lipinski definition) is 3. The smallest absolute Gasteiger partial charge is 0.312 e. The SMILES string of the molecule is Cc1nc2ccccc2n1CCCNC(=O)c1ccc(CNC(N)=O)cc1. The van der Waals surface area contributed by atoms with Gasteiger partial charge in [-0.05, 0) is 43.2 Å². The number of carbonyl (C=O) groups excluding carboxylic acids is 2. The number of urea groups is 1. The van der Waals surface area contributed by atoms with Crippen molar-refractivity contribution >= 4 is 23.0 Å². The van der Waals surface area contributed by atoms with Gasteiger partial charge in [0.2, 0.25) is 0 Å². The largest absolute Gasteiger partial charge is 0.352 e. The first-order chi connectivity index (χ1) is 13.0. The number of nitrogens with two attached hydrogens (primary N) is 1. The highest BCUT2D eigenvalue weighted by Crippen LogP contribution is 2.15. The highest BCUT2D eigenvalue weighted by molar-refractivity contribution is 5.94. The molecule has 0 aliphatic carbocycles. The lowest BCUT2D eigenvalue weighted by atomic mass is 10.1. The topological polar surface area (TPSA) is 102 Å². The number of rotatable bonds is 7. The molecule has 0 spiro atoms. The Kier molecular flexibility index (Phi) is 5.71. The maximum atomic E-state index is 12.2. The van der Waals surface area contributed by atoms with Crippen molar-refractivity contribution in [3.05, 3.63) is 65.5 Å². The van der Waals surface area contributed by atoms with Crippen molar-refractivity contribution in [1.29, 1.82) is 0 Å². The maximum absolute atomic E-state index is 12.2. The molecule has 2 aromatic carbocycles. The lowest BCUT2D eigenvalue weighted by Gasteiger charge is -2.09. The van der Waals surface area contributed by atoms with Crippen molar-refractivity contribution in [2.75, 3.05) is 6.54 Å². The van der Waals surface area contributed by atoms with Crippen LogP contribution in [0.5, 0.6) is 0 Å². The minimum absolute atomic E-state index is 0.114. The number of carbonyl (C=O) groups is 2. The van der Waals surface area contributed by atoms with E-state index in [1.165, 1.54) is 0 Å². The van der Waals surface area contributed by atoms with E-state index in [1.807, 2.05) is 25.1 Å². The van der Waals surface area contributed by atoms with Gasteiger partial charge in [-0.2, -0.15) is 0 Å². The molecule has 0 radical (unpaired) electrons. The second kappa shape index (κ2) is 8.35. The van der Waals surface area contributed by atoms with E-state index in [-0.39, 0.29) is 5.91 Å². The van der Waals surface area contributed by atoms with Crippen molar-refractivity contribution in [3.63, 3.8) is 0 Å². The Hall–Kier alpha value is -3.35. The average Bonchev–Trinajstić information content (AvgIpc) is 2.99. The van der Waals surface area contributed by atoms with Crippen LogP contribution in [0.3, 0.4) is 0 Å². The molecular weight excluding hydrogens is 342 g/mol. The number of primary amides is 1. The predicted molar refractivity (Wildman–Crippen MR) is 104 cm³/mol. The molecule has 3 amide bonds. The molecule has 140 valence electrons. The van der Waals surface area contributed by atoms with Gasteiger partial charge in [-0.1, -0.05) is 24.3 Å². The van der Waals surface area contributed by atoms with Gasteiger partial charge in [0.05, 0.1) is 11.0 Å². The summed E-state index contributed by atoms with van der Waals surface area (Å²) < 4.78 is 2.17. The van der Waals surface area contributed by atoms with Crippen LogP contribution in [0.1, 0.15) is 28.2 Å². The number of benzene rings is 2. The van der Waals surface area contributed by atoms with Gasteiger partial charge in [0, 0.05) is 25.2 Å². The first-order valence-electron chi connectivity index (χ1n) is 8.87. The Balaban J connectivity index is 1.49. The zero-order valence-electron chi connectivity index (χ0n) is 15.2. The lowest BCUT2D eigenvalue weighted by Crippen LogP contribution is -2.28. The zero-order valence-corrected chi connectivity index (χ0v) is 15.2. The molecule has 0 saturated carbocycles. The average molecular weight is 365 g/mol. The summed E-state index contributed by atoms with van der Waals surface area (Å²) in [5.74, 6) is 0.860. The number of aryl methyl sites for hydroxylation is 2. The highest BCUT2D eigenvalue weighted by Gasteiger charge is 2.08. The summed E-state index contributed by atoms with van der Waals surface area (Å²) in [4.78, 5) is 27.5. The summed E-state index contributed by atoms with van der Waals surface area (Å²) in [7, 11) is 0. The van der Waals surface area contributed by atoms with Crippen LogP contribution in [0, 0.1) is 6.92 Å². The fraction of sp³-hybridized carbons (Fsp3) is 0.250. The third-order valence-corrected chi connectivity index (χ3v) is 4.37. The molecule has 3 aromatic rings. The summed E-state index contributed by atoms with van der Waals surface area (Å²) in [6, 6.07) is 14.5. The quantitative estimate of drug-likeness (QED) is 0.560. The molecule has 0 atom stereocenters. The third-order valence-electron chi connectivity index (χ3n) is 4.37. The predicted octanol–water partition coefficient (Wildman–Crippen LogP) is 2.33. The van der Waals surface area contributed by atoms with Crippen molar-refractivity contribution in [1.82, 2.24) is 20.2 Å². The Morgan fingerprint density at radius 2 is 1.81 bits per heavy atom. The second-order valence-electron chi connectivity index (χ2n) is 6.32. The summed E-state index contributed by atoms with van der Waals surface area (Å²) in [6.07, 6.45) is 0.813. The van der Waals surface area contributed by atoms with E-state index in [0.717, 1.165) is 35.4 Å². The number of amides is 3. The molecule has 27 heavy (non-hydrogen) atoms. The number of hydrogen-bond donors (Lipinski definition) is 3. The molecule has 0 saturated heterocycles. The van der Waals surface area contributed by atoms with Crippen LogP contribution < -0.4 is 16.4 Å². The molecule has 0 bridgehead atoms. The maximum Gasteiger partial charge on any atom is 0.312 e. The van der Waals surface area contributed by atoms with Crippen LogP contribution in [0.25, 0.3) is 11.0 Å². The molecule has 0 aliphatic rings. The van der Waals surface area contributed by atoms with Crippen LogP contribution in [0.15, 0.2) is 48.5 Å². The first-order valence-corrected chi connectivity index (χ1v) is 8.87. The van der Waals surface area contributed by atoms with Crippen molar-refractivity contribution < 1.29 is 9.59 Å². The number of para-hydroxylation sites is 2. The Morgan fingerprint density at radius 1 is 1.07 bits per heavy atom. The Bertz CT molecular complexity index is 947. The van der Waals surface area contributed by atoms with Gasteiger partial charge in [0.15, 0.2) is 0 Å². The van der Waals surface area contributed by atoms with E-state index >= 15 is 0 Å². The Morgan fingerprint density at radius 3 is 2.56 bits per heavy atom. The first kappa shape index (κ1) is 18.4. The monoisotopic (exact) mass is 365 g/mol. The number of aromatic nitrogens is 2. The van der Waals surface area contributed by atoms with Crippen molar-refractivity contribution in [2.45, 2.75) is 26.4 Å². The van der Waals surface area contributed by atoms with E-state index in [9.17, 15) is 9.59 Å². The van der Waals surface area contributed by atoms with E-state index in [1.54, 1.807) is 24.3 Å². The lowest BCUT2D eigenvalue weighted by molar-refractivity contribution is 0.0952. The summed E-state index contributed by atoms with van der Waals surface area (Å²) >= 11 is 0.